The first-order valence-electron chi connectivity index (χ1n) is 3.98. The van der Waals surface area contributed by atoms with E-state index in [0.29, 0.717) is 5.69 Å². The summed E-state index contributed by atoms with van der Waals surface area (Å²) in [6, 6.07) is 4.63. The Morgan fingerprint density at radius 3 is 2.86 bits per heavy atom. The Hall–Kier alpha value is -1.29. The van der Waals surface area contributed by atoms with Crippen molar-refractivity contribution in [2.45, 2.75) is 0 Å². The number of carboxylic acids is 1. The number of halogens is 2. The molecule has 14 heavy (non-hydrogen) atoms. The van der Waals surface area contributed by atoms with Crippen LogP contribution in [0.4, 0.5) is 10.1 Å². The van der Waals surface area contributed by atoms with E-state index in [1.807, 2.05) is 0 Å². The van der Waals surface area contributed by atoms with Crippen LogP contribution in [-0.4, -0.2) is 24.3 Å². The van der Waals surface area contributed by atoms with Gasteiger partial charge in [0.15, 0.2) is 0 Å². The van der Waals surface area contributed by atoms with Crippen molar-refractivity contribution < 1.29 is 14.3 Å². The molecule has 0 saturated heterocycles. The van der Waals surface area contributed by atoms with Crippen molar-refractivity contribution in [1.29, 1.82) is 0 Å². The first-order valence-corrected chi connectivity index (χ1v) is 4.36. The predicted octanol–water partition coefficient (Wildman–Crippen LogP) is 2.42. The van der Waals surface area contributed by atoms with Crippen LogP contribution in [0, 0.1) is 0 Å². The third-order valence-electron chi connectivity index (χ3n) is 1.64. The molecule has 1 aromatic rings. The minimum Gasteiger partial charge on any atom is -0.478 e. The van der Waals surface area contributed by atoms with Gasteiger partial charge < -0.3 is 10.4 Å². The zero-order valence-electron chi connectivity index (χ0n) is 7.26. The fourth-order valence-electron chi connectivity index (χ4n) is 1.07. The van der Waals surface area contributed by atoms with Gasteiger partial charge in [0.2, 0.25) is 0 Å². The van der Waals surface area contributed by atoms with Crippen molar-refractivity contribution in [3.8, 4) is 0 Å². The number of benzene rings is 1. The van der Waals surface area contributed by atoms with Crippen molar-refractivity contribution in [2.24, 2.45) is 0 Å². The highest BCUT2D eigenvalue weighted by molar-refractivity contribution is 6.34. The van der Waals surface area contributed by atoms with Gasteiger partial charge in [-0.25, -0.2) is 9.18 Å². The van der Waals surface area contributed by atoms with E-state index in [-0.39, 0.29) is 17.1 Å². The Morgan fingerprint density at radius 2 is 2.29 bits per heavy atom. The monoisotopic (exact) mass is 217 g/mol. The van der Waals surface area contributed by atoms with Gasteiger partial charge in [-0.1, -0.05) is 17.7 Å². The number of hydrogen-bond donors (Lipinski definition) is 2. The van der Waals surface area contributed by atoms with Crippen molar-refractivity contribution in [1.82, 2.24) is 0 Å². The Labute approximate surface area is 85.5 Å². The average molecular weight is 218 g/mol. The number of aromatic carboxylic acids is 1. The summed E-state index contributed by atoms with van der Waals surface area (Å²) in [5.74, 6) is -1.13. The number of rotatable bonds is 4. The Bertz CT molecular complexity index is 344. The molecule has 2 N–H and O–H groups in total. The Balaban J connectivity index is 3.02. The van der Waals surface area contributed by atoms with Crippen LogP contribution in [0.2, 0.25) is 5.02 Å². The van der Waals surface area contributed by atoms with Gasteiger partial charge in [0.1, 0.15) is 12.2 Å². The predicted molar refractivity (Wildman–Crippen MR) is 52.9 cm³/mol. The molecule has 0 amide bonds. The van der Waals surface area contributed by atoms with Crippen LogP contribution in [0.25, 0.3) is 0 Å². The van der Waals surface area contributed by atoms with Gasteiger partial charge >= 0.3 is 5.97 Å². The van der Waals surface area contributed by atoms with E-state index in [1.54, 1.807) is 12.1 Å². The summed E-state index contributed by atoms with van der Waals surface area (Å²) in [5.41, 5.74) is 0.310. The normalized spacial score (nSPS) is 9.86. The summed E-state index contributed by atoms with van der Waals surface area (Å²) in [7, 11) is 0. The molecule has 0 bridgehead atoms. The lowest BCUT2D eigenvalue weighted by Crippen LogP contribution is -2.09. The van der Waals surface area contributed by atoms with E-state index < -0.39 is 12.6 Å². The van der Waals surface area contributed by atoms with Gasteiger partial charge in [-0.05, 0) is 12.1 Å². The lowest BCUT2D eigenvalue weighted by molar-refractivity contribution is 0.0698. The van der Waals surface area contributed by atoms with Crippen LogP contribution >= 0.6 is 11.6 Å². The number of hydrogen-bond acceptors (Lipinski definition) is 2. The second-order valence-corrected chi connectivity index (χ2v) is 2.99. The maximum Gasteiger partial charge on any atom is 0.339 e. The summed E-state index contributed by atoms with van der Waals surface area (Å²) >= 11 is 5.69. The zero-order valence-corrected chi connectivity index (χ0v) is 8.01. The highest BCUT2D eigenvalue weighted by atomic mass is 35.5. The number of nitrogens with one attached hydrogen (secondary N) is 1. The summed E-state index contributed by atoms with van der Waals surface area (Å²) in [5, 5.41) is 11.6. The first-order chi connectivity index (χ1) is 6.66. The molecule has 1 rings (SSSR count). The third-order valence-corrected chi connectivity index (χ3v) is 1.95. The maximum atomic E-state index is 11.9. The van der Waals surface area contributed by atoms with Gasteiger partial charge in [0, 0.05) is 6.54 Å². The fourth-order valence-corrected chi connectivity index (χ4v) is 1.33. The van der Waals surface area contributed by atoms with Gasteiger partial charge in [-0.15, -0.1) is 0 Å². The van der Waals surface area contributed by atoms with Gasteiger partial charge in [0.25, 0.3) is 0 Å². The molecule has 0 aliphatic rings. The molecule has 1 aromatic carbocycles. The molecular formula is C9H9ClFNO2. The molecule has 0 fully saturated rings. The molecule has 0 aliphatic heterocycles. The minimum absolute atomic E-state index is 0.0254. The summed E-state index contributed by atoms with van der Waals surface area (Å²) < 4.78 is 11.9. The third kappa shape index (κ3) is 2.35. The van der Waals surface area contributed by atoms with Crippen LogP contribution < -0.4 is 5.32 Å². The molecule has 76 valence electrons. The number of anilines is 1. The zero-order chi connectivity index (χ0) is 10.6. The van der Waals surface area contributed by atoms with E-state index in [0.717, 1.165) is 0 Å². The fraction of sp³-hybridized carbons (Fsp3) is 0.222. The van der Waals surface area contributed by atoms with Crippen molar-refractivity contribution in [3.63, 3.8) is 0 Å². The largest absolute Gasteiger partial charge is 0.478 e. The highest BCUT2D eigenvalue weighted by Gasteiger charge is 2.13. The number of alkyl halides is 1. The molecule has 0 aliphatic carbocycles. The van der Waals surface area contributed by atoms with E-state index in [1.165, 1.54) is 6.07 Å². The summed E-state index contributed by atoms with van der Waals surface area (Å²) in [4.78, 5) is 10.8. The quantitative estimate of drug-likeness (QED) is 0.814. The summed E-state index contributed by atoms with van der Waals surface area (Å²) in [6.45, 7) is -0.494. The van der Waals surface area contributed by atoms with E-state index in [9.17, 15) is 9.18 Å². The molecule has 0 spiro atoms. The minimum atomic E-state index is -1.13. The molecule has 0 unspecified atom stereocenters. The highest BCUT2D eigenvalue weighted by Crippen LogP contribution is 2.23. The smallest absolute Gasteiger partial charge is 0.339 e. The van der Waals surface area contributed by atoms with Crippen molar-refractivity contribution in [3.05, 3.63) is 28.8 Å². The van der Waals surface area contributed by atoms with Crippen molar-refractivity contribution in [2.75, 3.05) is 18.5 Å². The lowest BCUT2D eigenvalue weighted by Gasteiger charge is -2.08. The molecule has 3 nitrogen and oxygen atoms in total. The molecule has 0 atom stereocenters. The van der Waals surface area contributed by atoms with Gasteiger partial charge in [0.05, 0.1) is 10.7 Å². The molecule has 0 heterocycles. The topological polar surface area (TPSA) is 49.3 Å². The Kier molecular flexibility index (Phi) is 3.71. The van der Waals surface area contributed by atoms with E-state index >= 15 is 0 Å². The molecule has 0 aromatic heterocycles. The average Bonchev–Trinajstić information content (AvgIpc) is 2.14. The van der Waals surface area contributed by atoms with E-state index in [2.05, 4.69) is 5.32 Å². The van der Waals surface area contributed by atoms with Crippen LogP contribution in [-0.2, 0) is 0 Å². The number of carboxylic acid groups (broad SMARTS) is 1. The van der Waals surface area contributed by atoms with Crippen LogP contribution in [0.15, 0.2) is 18.2 Å². The molecule has 0 saturated carbocycles. The second-order valence-electron chi connectivity index (χ2n) is 2.58. The molecule has 5 heteroatoms. The number of carbonyl (C=O) groups is 1. The Morgan fingerprint density at radius 1 is 1.57 bits per heavy atom. The van der Waals surface area contributed by atoms with Gasteiger partial charge in [-0.2, -0.15) is 0 Å². The van der Waals surface area contributed by atoms with Crippen molar-refractivity contribution >= 4 is 23.3 Å². The standard InChI is InChI=1S/C9H9ClFNO2/c10-6-2-1-3-7(12-5-4-11)8(6)9(13)14/h1-3,12H,4-5H2,(H,13,14). The first kappa shape index (κ1) is 10.8. The maximum absolute atomic E-state index is 11.9. The molecular weight excluding hydrogens is 209 g/mol. The van der Waals surface area contributed by atoms with Crippen LogP contribution in [0.3, 0.4) is 0 Å². The van der Waals surface area contributed by atoms with Crippen LogP contribution in [0.5, 0.6) is 0 Å². The molecule has 0 radical (unpaired) electrons. The van der Waals surface area contributed by atoms with E-state index in [4.69, 9.17) is 16.7 Å². The second kappa shape index (κ2) is 4.81. The SMILES string of the molecule is O=C(O)c1c(Cl)cccc1NCCF. The van der Waals surface area contributed by atoms with Crippen LogP contribution in [0.1, 0.15) is 10.4 Å². The van der Waals surface area contributed by atoms with Gasteiger partial charge in [-0.3, -0.25) is 0 Å². The lowest BCUT2D eigenvalue weighted by atomic mass is 10.2. The summed E-state index contributed by atoms with van der Waals surface area (Å²) in [6.07, 6.45) is 0.